The quantitative estimate of drug-likeness (QED) is 0.473. The third-order valence-corrected chi connectivity index (χ3v) is 6.41. The number of aliphatic hydroxyl groups excluding tert-OH is 1. The lowest BCUT2D eigenvalue weighted by atomic mass is 9.54. The predicted molar refractivity (Wildman–Crippen MR) is 92.4 cm³/mol. The molecule has 2 saturated carbocycles. The molecule has 1 aliphatic heterocycles. The summed E-state index contributed by atoms with van der Waals surface area (Å²) in [6.45, 7) is 13.5. The molecule has 3 aliphatic rings. The van der Waals surface area contributed by atoms with Gasteiger partial charge in [-0.2, -0.15) is 0 Å². The van der Waals surface area contributed by atoms with Gasteiger partial charge in [0.1, 0.15) is 12.2 Å². The summed E-state index contributed by atoms with van der Waals surface area (Å²) in [6, 6.07) is 0. The Hall–Kier alpha value is -1.88. The highest BCUT2D eigenvalue weighted by Gasteiger charge is 2.58. The SMILES string of the molecule is C=C1C(=O)O[C@@H]2C[C@@]3(C)[C@@H](O)C[C@@H](OC(=O)/C(C)=C\C)C(=C)[C@@H]3C[C@H]12. The third-order valence-electron chi connectivity index (χ3n) is 6.41. The molecule has 0 amide bonds. The van der Waals surface area contributed by atoms with Gasteiger partial charge >= 0.3 is 11.9 Å². The monoisotopic (exact) mass is 346 g/mol. The number of ether oxygens (including phenoxy) is 2. The highest BCUT2D eigenvalue weighted by molar-refractivity contribution is 5.91. The number of hydrogen-bond donors (Lipinski definition) is 1. The maximum Gasteiger partial charge on any atom is 0.334 e. The zero-order chi connectivity index (χ0) is 18.5. The van der Waals surface area contributed by atoms with Crippen LogP contribution in [-0.4, -0.2) is 35.4 Å². The maximum atomic E-state index is 12.1. The van der Waals surface area contributed by atoms with Crippen LogP contribution in [0, 0.1) is 17.3 Å². The van der Waals surface area contributed by atoms with Crippen LogP contribution in [0.1, 0.15) is 40.0 Å². The highest BCUT2D eigenvalue weighted by Crippen LogP contribution is 2.57. The van der Waals surface area contributed by atoms with Gasteiger partial charge in [-0.3, -0.25) is 0 Å². The average Bonchev–Trinajstić information content (AvgIpc) is 2.84. The van der Waals surface area contributed by atoms with Gasteiger partial charge in [-0.1, -0.05) is 26.2 Å². The third kappa shape index (κ3) is 2.74. The molecule has 3 rings (SSSR count). The minimum atomic E-state index is -0.653. The number of fused-ring (bicyclic) bond motifs is 2. The molecule has 0 bridgehead atoms. The predicted octanol–water partition coefficient (Wildman–Crippen LogP) is 2.70. The van der Waals surface area contributed by atoms with Crippen LogP contribution in [-0.2, 0) is 19.1 Å². The first kappa shape index (κ1) is 17.9. The summed E-state index contributed by atoms with van der Waals surface area (Å²) in [4.78, 5) is 24.0. The molecule has 5 heteroatoms. The summed E-state index contributed by atoms with van der Waals surface area (Å²) in [7, 11) is 0. The van der Waals surface area contributed by atoms with E-state index < -0.39 is 17.6 Å². The van der Waals surface area contributed by atoms with Crippen molar-refractivity contribution >= 4 is 11.9 Å². The van der Waals surface area contributed by atoms with Crippen LogP contribution in [0.2, 0.25) is 0 Å². The molecular weight excluding hydrogens is 320 g/mol. The Morgan fingerprint density at radius 1 is 1.40 bits per heavy atom. The van der Waals surface area contributed by atoms with Gasteiger partial charge in [-0.15, -0.1) is 0 Å². The summed E-state index contributed by atoms with van der Waals surface area (Å²) >= 11 is 0. The largest absolute Gasteiger partial charge is 0.458 e. The fourth-order valence-corrected chi connectivity index (χ4v) is 4.50. The second-order valence-electron chi connectivity index (χ2n) is 7.77. The van der Waals surface area contributed by atoms with E-state index in [9.17, 15) is 14.7 Å². The fraction of sp³-hybridized carbons (Fsp3) is 0.600. The maximum absolute atomic E-state index is 12.1. The second kappa shape index (κ2) is 6.13. The van der Waals surface area contributed by atoms with Crippen LogP contribution >= 0.6 is 0 Å². The Morgan fingerprint density at radius 2 is 2.08 bits per heavy atom. The molecule has 0 spiro atoms. The van der Waals surface area contributed by atoms with Crippen LogP contribution in [0.15, 0.2) is 36.0 Å². The zero-order valence-corrected chi connectivity index (χ0v) is 15.1. The molecule has 136 valence electrons. The minimum absolute atomic E-state index is 0.0486. The van der Waals surface area contributed by atoms with Gasteiger partial charge in [0, 0.05) is 28.9 Å². The molecule has 3 fully saturated rings. The van der Waals surface area contributed by atoms with Crippen molar-refractivity contribution in [1.82, 2.24) is 0 Å². The van der Waals surface area contributed by atoms with Gasteiger partial charge in [-0.25, -0.2) is 9.59 Å². The van der Waals surface area contributed by atoms with Gasteiger partial charge in [0.15, 0.2) is 0 Å². The average molecular weight is 346 g/mol. The van der Waals surface area contributed by atoms with E-state index in [2.05, 4.69) is 13.2 Å². The van der Waals surface area contributed by atoms with Crippen LogP contribution < -0.4 is 0 Å². The number of aliphatic hydroxyl groups is 1. The lowest BCUT2D eigenvalue weighted by Gasteiger charge is -2.53. The number of carbonyl (C=O) groups excluding carboxylic acids is 2. The van der Waals surface area contributed by atoms with E-state index in [1.165, 1.54) is 0 Å². The molecule has 0 aromatic carbocycles. The molecule has 6 atom stereocenters. The van der Waals surface area contributed by atoms with Gasteiger partial charge in [-0.05, 0) is 38.2 Å². The summed E-state index contributed by atoms with van der Waals surface area (Å²) < 4.78 is 11.0. The van der Waals surface area contributed by atoms with E-state index in [1.54, 1.807) is 19.9 Å². The van der Waals surface area contributed by atoms with Crippen molar-refractivity contribution in [2.75, 3.05) is 0 Å². The molecule has 2 aliphatic carbocycles. The topological polar surface area (TPSA) is 72.8 Å². The Kier molecular flexibility index (Phi) is 4.40. The normalized spacial score (nSPS) is 41.0. The van der Waals surface area contributed by atoms with Gasteiger partial charge < -0.3 is 14.6 Å². The molecule has 1 saturated heterocycles. The molecule has 1 N–H and O–H groups in total. The van der Waals surface area contributed by atoms with Crippen molar-refractivity contribution in [1.29, 1.82) is 0 Å². The van der Waals surface area contributed by atoms with Gasteiger partial charge in [0.25, 0.3) is 0 Å². The first-order chi connectivity index (χ1) is 11.7. The molecule has 0 aromatic heterocycles. The molecular formula is C20H26O5. The lowest BCUT2D eigenvalue weighted by molar-refractivity contribution is -0.158. The lowest BCUT2D eigenvalue weighted by Crippen LogP contribution is -2.54. The summed E-state index contributed by atoms with van der Waals surface area (Å²) in [5.41, 5.74) is 1.40. The van der Waals surface area contributed by atoms with E-state index in [-0.39, 0.29) is 29.9 Å². The number of rotatable bonds is 2. The first-order valence-electron chi connectivity index (χ1n) is 8.79. The van der Waals surface area contributed by atoms with E-state index >= 15 is 0 Å². The smallest absolute Gasteiger partial charge is 0.334 e. The molecule has 0 radical (unpaired) electrons. The minimum Gasteiger partial charge on any atom is -0.458 e. The molecule has 0 unspecified atom stereocenters. The number of allylic oxidation sites excluding steroid dienone is 1. The number of carbonyl (C=O) groups is 2. The van der Waals surface area contributed by atoms with Crippen molar-refractivity contribution in [2.45, 2.75) is 58.3 Å². The van der Waals surface area contributed by atoms with Crippen molar-refractivity contribution in [2.24, 2.45) is 17.3 Å². The van der Waals surface area contributed by atoms with E-state index in [0.717, 1.165) is 5.57 Å². The van der Waals surface area contributed by atoms with E-state index in [1.807, 2.05) is 6.92 Å². The molecule has 25 heavy (non-hydrogen) atoms. The van der Waals surface area contributed by atoms with Crippen molar-refractivity contribution in [3.8, 4) is 0 Å². The van der Waals surface area contributed by atoms with Gasteiger partial charge in [0.05, 0.1) is 6.10 Å². The van der Waals surface area contributed by atoms with Crippen molar-refractivity contribution in [3.05, 3.63) is 36.0 Å². The summed E-state index contributed by atoms with van der Waals surface area (Å²) in [5, 5.41) is 10.8. The van der Waals surface area contributed by atoms with Crippen LogP contribution in [0.4, 0.5) is 0 Å². The second-order valence-corrected chi connectivity index (χ2v) is 7.77. The Balaban J connectivity index is 1.84. The molecule has 1 heterocycles. The van der Waals surface area contributed by atoms with Crippen LogP contribution in [0.3, 0.4) is 0 Å². The Labute approximate surface area is 148 Å². The van der Waals surface area contributed by atoms with Crippen molar-refractivity contribution in [3.63, 3.8) is 0 Å². The van der Waals surface area contributed by atoms with Crippen LogP contribution in [0.5, 0.6) is 0 Å². The standard InChI is InChI=1S/C20H26O5/c1-6-10(2)18(22)24-15-8-17(21)20(5)9-16-13(7-14(20)12(15)4)11(3)19(23)25-16/h6,13-17,21H,3-4,7-9H2,1-2,5H3/b10-6-/t13-,14+,15-,16-,17+,20-/m1/s1. The Morgan fingerprint density at radius 3 is 2.72 bits per heavy atom. The number of hydrogen-bond acceptors (Lipinski definition) is 5. The van der Waals surface area contributed by atoms with Crippen molar-refractivity contribution < 1.29 is 24.2 Å². The summed E-state index contributed by atoms with van der Waals surface area (Å²) in [6.07, 6.45) is 1.83. The molecule has 5 nitrogen and oxygen atoms in total. The van der Waals surface area contributed by atoms with E-state index in [0.29, 0.717) is 30.4 Å². The van der Waals surface area contributed by atoms with E-state index in [4.69, 9.17) is 9.47 Å². The van der Waals surface area contributed by atoms with Gasteiger partial charge in [0.2, 0.25) is 0 Å². The zero-order valence-electron chi connectivity index (χ0n) is 15.1. The first-order valence-corrected chi connectivity index (χ1v) is 8.79. The molecule has 0 aromatic rings. The van der Waals surface area contributed by atoms with Crippen LogP contribution in [0.25, 0.3) is 0 Å². The summed E-state index contributed by atoms with van der Waals surface area (Å²) in [5.74, 6) is -0.834. The Bertz CT molecular complexity index is 676. The fourth-order valence-electron chi connectivity index (χ4n) is 4.50. The highest BCUT2D eigenvalue weighted by atomic mass is 16.6. The number of esters is 2.